The van der Waals surface area contributed by atoms with E-state index in [2.05, 4.69) is 34.6 Å². The summed E-state index contributed by atoms with van der Waals surface area (Å²) >= 11 is 0. The average Bonchev–Trinajstić information content (AvgIpc) is 3.54. The Morgan fingerprint density at radius 3 is 2.54 bits per heavy atom. The van der Waals surface area contributed by atoms with E-state index in [0.29, 0.717) is 6.54 Å². The van der Waals surface area contributed by atoms with Gasteiger partial charge in [0.2, 0.25) is 0 Å². The molecule has 3 N–H and O–H groups in total. The van der Waals surface area contributed by atoms with Crippen LogP contribution < -0.4 is 15.4 Å². The monoisotopic (exact) mass is 390 g/mol. The van der Waals surface area contributed by atoms with E-state index in [9.17, 15) is 5.11 Å². The van der Waals surface area contributed by atoms with Gasteiger partial charge in [0.05, 0.1) is 39.5 Å². The molecule has 7 heteroatoms. The van der Waals surface area contributed by atoms with E-state index in [0.717, 1.165) is 63.9 Å². The van der Waals surface area contributed by atoms with E-state index in [4.69, 9.17) is 14.5 Å². The molecule has 3 rings (SSSR count). The lowest BCUT2D eigenvalue weighted by molar-refractivity contribution is 0.0170. The van der Waals surface area contributed by atoms with Crippen molar-refractivity contribution in [3.63, 3.8) is 0 Å². The summed E-state index contributed by atoms with van der Waals surface area (Å²) in [6.07, 6.45) is 2.13. The average molecular weight is 391 g/mol. The van der Waals surface area contributed by atoms with Crippen LogP contribution >= 0.6 is 0 Å². The number of guanidine groups is 1. The highest BCUT2D eigenvalue weighted by atomic mass is 16.5. The minimum Gasteiger partial charge on any atom is -0.497 e. The fourth-order valence-electron chi connectivity index (χ4n) is 3.50. The molecule has 1 atom stereocenters. The maximum absolute atomic E-state index is 9.54. The Morgan fingerprint density at radius 2 is 1.96 bits per heavy atom. The molecule has 1 heterocycles. The van der Waals surface area contributed by atoms with Crippen molar-refractivity contribution in [3.8, 4) is 5.75 Å². The fourth-order valence-corrected chi connectivity index (χ4v) is 3.50. The van der Waals surface area contributed by atoms with Crippen molar-refractivity contribution < 1.29 is 14.6 Å². The molecule has 1 aromatic carbocycles. The van der Waals surface area contributed by atoms with Gasteiger partial charge < -0.3 is 25.2 Å². The van der Waals surface area contributed by atoms with Crippen molar-refractivity contribution in [2.24, 2.45) is 10.4 Å². The van der Waals surface area contributed by atoms with Gasteiger partial charge in [0.25, 0.3) is 0 Å². The third-order valence-electron chi connectivity index (χ3n) is 5.66. The minimum absolute atomic E-state index is 0.0158. The van der Waals surface area contributed by atoms with Gasteiger partial charge in [-0.3, -0.25) is 9.89 Å². The Kier molecular flexibility index (Phi) is 7.53. The van der Waals surface area contributed by atoms with E-state index < -0.39 is 0 Å². The lowest BCUT2D eigenvalue weighted by atomic mass is 10.0. The van der Waals surface area contributed by atoms with Crippen LogP contribution in [0, 0.1) is 5.41 Å². The van der Waals surface area contributed by atoms with E-state index in [-0.39, 0.29) is 18.1 Å². The third-order valence-corrected chi connectivity index (χ3v) is 5.66. The second-order valence-electron chi connectivity index (χ2n) is 7.67. The molecule has 28 heavy (non-hydrogen) atoms. The predicted molar refractivity (Wildman–Crippen MR) is 111 cm³/mol. The number of hydrogen-bond donors (Lipinski definition) is 3. The van der Waals surface area contributed by atoms with E-state index in [1.165, 1.54) is 5.56 Å². The minimum atomic E-state index is 0.0158. The summed E-state index contributed by atoms with van der Waals surface area (Å²) in [6, 6.07) is 8.53. The van der Waals surface area contributed by atoms with Gasteiger partial charge in [-0.05, 0) is 37.5 Å². The Labute approximate surface area is 168 Å². The van der Waals surface area contributed by atoms with Crippen LogP contribution in [-0.4, -0.2) is 75.6 Å². The number of aliphatic hydroxyl groups excluding tert-OH is 1. The predicted octanol–water partition coefficient (Wildman–Crippen LogP) is 1.40. The van der Waals surface area contributed by atoms with Gasteiger partial charge in [-0.1, -0.05) is 12.1 Å². The standard InChI is InChI=1S/C21H34N4O3/c1-3-22-20(24-15-21(16-26)8-9-21)23-14-19(25-10-12-28-13-11-25)17-4-6-18(27-2)7-5-17/h4-7,19,26H,3,8-16H2,1-2H3,(H2,22,23,24). The van der Waals surface area contributed by atoms with Crippen molar-refractivity contribution in [1.29, 1.82) is 0 Å². The van der Waals surface area contributed by atoms with Gasteiger partial charge in [0.1, 0.15) is 5.75 Å². The molecule has 156 valence electrons. The van der Waals surface area contributed by atoms with Crippen LogP contribution in [0.5, 0.6) is 5.75 Å². The number of nitrogens with one attached hydrogen (secondary N) is 2. The number of hydrogen-bond acceptors (Lipinski definition) is 5. The number of aliphatic imine (C=N–C) groups is 1. The van der Waals surface area contributed by atoms with Gasteiger partial charge >= 0.3 is 0 Å². The van der Waals surface area contributed by atoms with Crippen LogP contribution in [0.15, 0.2) is 29.3 Å². The second-order valence-corrected chi connectivity index (χ2v) is 7.67. The third kappa shape index (κ3) is 5.59. The van der Waals surface area contributed by atoms with Crippen LogP contribution in [0.4, 0.5) is 0 Å². The number of benzene rings is 1. The molecule has 7 nitrogen and oxygen atoms in total. The van der Waals surface area contributed by atoms with Crippen molar-refractivity contribution in [2.45, 2.75) is 25.8 Å². The first kappa shape index (κ1) is 20.9. The van der Waals surface area contributed by atoms with E-state index in [1.54, 1.807) is 7.11 Å². The SMILES string of the molecule is CCNC(=NCC1(CO)CC1)NCC(c1ccc(OC)cc1)N1CCOCC1. The molecule has 0 bridgehead atoms. The molecule has 1 aromatic rings. The van der Waals surface area contributed by atoms with Crippen LogP contribution in [0.1, 0.15) is 31.4 Å². The second kappa shape index (κ2) is 10.1. The summed E-state index contributed by atoms with van der Waals surface area (Å²) in [7, 11) is 1.69. The number of morpholine rings is 1. The number of nitrogens with zero attached hydrogens (tertiary/aromatic N) is 2. The maximum Gasteiger partial charge on any atom is 0.191 e. The number of aliphatic hydroxyl groups is 1. The molecular weight excluding hydrogens is 356 g/mol. The van der Waals surface area contributed by atoms with Crippen LogP contribution in [0.3, 0.4) is 0 Å². The zero-order chi connectivity index (χ0) is 19.8. The van der Waals surface area contributed by atoms with Crippen LogP contribution in [0.25, 0.3) is 0 Å². The molecule has 1 unspecified atom stereocenters. The molecule has 0 amide bonds. The first-order valence-electron chi connectivity index (χ1n) is 10.3. The smallest absolute Gasteiger partial charge is 0.191 e. The highest BCUT2D eigenvalue weighted by Gasteiger charge is 2.41. The summed E-state index contributed by atoms with van der Waals surface area (Å²) in [5.74, 6) is 1.68. The Balaban J connectivity index is 1.68. The summed E-state index contributed by atoms with van der Waals surface area (Å²) in [5, 5.41) is 16.4. The lowest BCUT2D eigenvalue weighted by Gasteiger charge is -2.35. The normalized spacial score (nSPS) is 20.5. The zero-order valence-electron chi connectivity index (χ0n) is 17.1. The molecule has 1 saturated carbocycles. The van der Waals surface area contributed by atoms with Gasteiger partial charge in [0, 0.05) is 31.6 Å². The quantitative estimate of drug-likeness (QED) is 0.437. The highest BCUT2D eigenvalue weighted by molar-refractivity contribution is 5.79. The molecule has 2 fully saturated rings. The van der Waals surface area contributed by atoms with Crippen LogP contribution in [0.2, 0.25) is 0 Å². The Morgan fingerprint density at radius 1 is 1.25 bits per heavy atom. The highest BCUT2D eigenvalue weighted by Crippen LogP contribution is 2.45. The van der Waals surface area contributed by atoms with Gasteiger partial charge in [0.15, 0.2) is 5.96 Å². The molecule has 0 aromatic heterocycles. The fraction of sp³-hybridized carbons (Fsp3) is 0.667. The molecule has 0 spiro atoms. The number of methoxy groups -OCH3 is 1. The first-order chi connectivity index (χ1) is 13.7. The van der Waals surface area contributed by atoms with Crippen molar-refractivity contribution in [3.05, 3.63) is 29.8 Å². The van der Waals surface area contributed by atoms with E-state index >= 15 is 0 Å². The summed E-state index contributed by atoms with van der Waals surface area (Å²) in [6.45, 7) is 7.88. The maximum atomic E-state index is 9.54. The lowest BCUT2D eigenvalue weighted by Crippen LogP contribution is -2.46. The Bertz CT molecular complexity index is 625. The van der Waals surface area contributed by atoms with Crippen LogP contribution in [-0.2, 0) is 4.74 Å². The number of rotatable bonds is 9. The number of ether oxygens (including phenoxy) is 2. The van der Waals surface area contributed by atoms with Gasteiger partial charge in [-0.25, -0.2) is 0 Å². The van der Waals surface area contributed by atoms with Crippen molar-refractivity contribution >= 4 is 5.96 Å². The molecule has 0 radical (unpaired) electrons. The molecular formula is C21H34N4O3. The topological polar surface area (TPSA) is 78.4 Å². The molecule has 2 aliphatic rings. The zero-order valence-corrected chi connectivity index (χ0v) is 17.1. The summed E-state index contributed by atoms with van der Waals surface area (Å²) < 4.78 is 10.8. The van der Waals surface area contributed by atoms with Gasteiger partial charge in [-0.15, -0.1) is 0 Å². The summed E-state index contributed by atoms with van der Waals surface area (Å²) in [4.78, 5) is 7.18. The van der Waals surface area contributed by atoms with E-state index in [1.807, 2.05) is 12.1 Å². The molecule has 1 saturated heterocycles. The van der Waals surface area contributed by atoms with Crippen molar-refractivity contribution in [2.75, 3.05) is 59.7 Å². The molecule has 1 aliphatic heterocycles. The first-order valence-corrected chi connectivity index (χ1v) is 10.3. The van der Waals surface area contributed by atoms with Crippen molar-refractivity contribution in [1.82, 2.24) is 15.5 Å². The molecule has 1 aliphatic carbocycles. The van der Waals surface area contributed by atoms with Gasteiger partial charge in [-0.2, -0.15) is 0 Å². The largest absolute Gasteiger partial charge is 0.497 e. The summed E-state index contributed by atoms with van der Waals surface area (Å²) in [5.41, 5.74) is 1.27. The Hall–Kier alpha value is -1.83.